The van der Waals surface area contributed by atoms with Crippen molar-refractivity contribution in [3.05, 3.63) is 53.2 Å². The summed E-state index contributed by atoms with van der Waals surface area (Å²) in [4.78, 5) is 4.14. The number of hydrogen-bond acceptors (Lipinski definition) is 4. The molecule has 1 aromatic carbocycles. The minimum atomic E-state index is 0.594. The third-order valence-corrected chi connectivity index (χ3v) is 2.79. The molecule has 0 fully saturated rings. The van der Waals surface area contributed by atoms with Crippen LogP contribution < -0.4 is 10.1 Å². The summed E-state index contributed by atoms with van der Waals surface area (Å²) in [6.07, 6.45) is 1.76. The lowest BCUT2D eigenvalue weighted by atomic mass is 10.1. The summed E-state index contributed by atoms with van der Waals surface area (Å²) in [7, 11) is 1.59. The van der Waals surface area contributed by atoms with E-state index >= 15 is 0 Å². The van der Waals surface area contributed by atoms with Crippen LogP contribution in [0.5, 0.6) is 5.88 Å². The van der Waals surface area contributed by atoms with Crippen molar-refractivity contribution in [3.8, 4) is 11.9 Å². The molecule has 0 atom stereocenters. The van der Waals surface area contributed by atoms with Crippen LogP contribution in [0.3, 0.4) is 0 Å². The summed E-state index contributed by atoms with van der Waals surface area (Å²) >= 11 is 0. The number of pyridine rings is 1. The van der Waals surface area contributed by atoms with Gasteiger partial charge >= 0.3 is 0 Å². The Kier molecular flexibility index (Phi) is 3.99. The molecule has 0 aliphatic heterocycles. The largest absolute Gasteiger partial charge is 0.481 e. The smallest absolute Gasteiger partial charge is 0.212 e. The molecule has 96 valence electrons. The van der Waals surface area contributed by atoms with Gasteiger partial charge in [0.05, 0.1) is 18.4 Å². The second kappa shape index (κ2) is 5.87. The Morgan fingerprint density at radius 1 is 1.32 bits per heavy atom. The molecule has 0 bridgehead atoms. The summed E-state index contributed by atoms with van der Waals surface area (Å²) in [5.74, 6) is 0.594. The number of anilines is 1. The molecule has 2 aromatic rings. The van der Waals surface area contributed by atoms with Gasteiger partial charge in [0.1, 0.15) is 6.07 Å². The van der Waals surface area contributed by atoms with Crippen molar-refractivity contribution in [1.29, 1.82) is 5.26 Å². The molecule has 1 N–H and O–H groups in total. The maximum absolute atomic E-state index is 9.06. The van der Waals surface area contributed by atoms with E-state index in [2.05, 4.69) is 16.4 Å². The number of rotatable bonds is 4. The van der Waals surface area contributed by atoms with Crippen LogP contribution in [0.2, 0.25) is 0 Å². The molecule has 0 aliphatic rings. The van der Waals surface area contributed by atoms with E-state index in [0.29, 0.717) is 18.0 Å². The molecule has 0 spiro atoms. The van der Waals surface area contributed by atoms with Crippen LogP contribution in [-0.4, -0.2) is 12.1 Å². The number of benzene rings is 1. The van der Waals surface area contributed by atoms with E-state index in [0.717, 1.165) is 16.8 Å². The molecule has 1 heterocycles. The molecule has 4 nitrogen and oxygen atoms in total. The van der Waals surface area contributed by atoms with Crippen molar-refractivity contribution >= 4 is 5.69 Å². The average molecular weight is 253 g/mol. The van der Waals surface area contributed by atoms with Crippen LogP contribution in [0, 0.1) is 18.3 Å². The lowest BCUT2D eigenvalue weighted by Crippen LogP contribution is -2.02. The van der Waals surface area contributed by atoms with Crippen molar-refractivity contribution in [2.75, 3.05) is 12.4 Å². The fourth-order valence-corrected chi connectivity index (χ4v) is 1.74. The van der Waals surface area contributed by atoms with Crippen molar-refractivity contribution in [2.45, 2.75) is 13.5 Å². The topological polar surface area (TPSA) is 57.9 Å². The molecular weight excluding hydrogens is 238 g/mol. The minimum Gasteiger partial charge on any atom is -0.481 e. The number of nitrogens with zero attached hydrogens (tertiary/aromatic N) is 2. The highest BCUT2D eigenvalue weighted by Crippen LogP contribution is 2.17. The molecule has 19 heavy (non-hydrogen) atoms. The van der Waals surface area contributed by atoms with E-state index < -0.39 is 0 Å². The van der Waals surface area contributed by atoms with Gasteiger partial charge in [0, 0.05) is 18.8 Å². The standard InChI is InChI=1S/C15H15N3O/c1-11-3-5-13(8-16)14(7-11)17-9-12-4-6-15(19-2)18-10-12/h3-7,10,17H,9H2,1-2H3. The molecule has 0 unspecified atom stereocenters. The van der Waals surface area contributed by atoms with Crippen molar-refractivity contribution < 1.29 is 4.74 Å². The van der Waals surface area contributed by atoms with Gasteiger partial charge in [-0.05, 0) is 30.2 Å². The third kappa shape index (κ3) is 3.23. The van der Waals surface area contributed by atoms with Gasteiger partial charge in [0.15, 0.2) is 0 Å². The predicted molar refractivity (Wildman–Crippen MR) is 74.0 cm³/mol. The highest BCUT2D eigenvalue weighted by atomic mass is 16.5. The van der Waals surface area contributed by atoms with E-state index in [1.165, 1.54) is 0 Å². The quantitative estimate of drug-likeness (QED) is 0.910. The molecule has 0 aliphatic carbocycles. The van der Waals surface area contributed by atoms with Gasteiger partial charge in [-0.15, -0.1) is 0 Å². The van der Waals surface area contributed by atoms with E-state index in [4.69, 9.17) is 10.00 Å². The average Bonchev–Trinajstić information content (AvgIpc) is 2.46. The van der Waals surface area contributed by atoms with Gasteiger partial charge in [-0.3, -0.25) is 0 Å². The minimum absolute atomic E-state index is 0.594. The van der Waals surface area contributed by atoms with Gasteiger partial charge in [-0.2, -0.15) is 5.26 Å². The first-order chi connectivity index (χ1) is 9.22. The molecule has 0 saturated heterocycles. The van der Waals surface area contributed by atoms with Gasteiger partial charge in [-0.1, -0.05) is 12.1 Å². The number of aromatic nitrogens is 1. The summed E-state index contributed by atoms with van der Waals surface area (Å²) < 4.78 is 5.01. The Morgan fingerprint density at radius 2 is 2.16 bits per heavy atom. The lowest BCUT2D eigenvalue weighted by Gasteiger charge is -2.09. The van der Waals surface area contributed by atoms with E-state index in [-0.39, 0.29) is 0 Å². The summed E-state index contributed by atoms with van der Waals surface area (Å²) in [5, 5.41) is 12.3. The Balaban J connectivity index is 2.09. The maximum atomic E-state index is 9.06. The lowest BCUT2D eigenvalue weighted by molar-refractivity contribution is 0.397. The summed E-state index contributed by atoms with van der Waals surface area (Å²) in [6.45, 7) is 2.62. The van der Waals surface area contributed by atoms with Crippen molar-refractivity contribution in [3.63, 3.8) is 0 Å². The Morgan fingerprint density at radius 3 is 2.79 bits per heavy atom. The molecule has 1 aromatic heterocycles. The first-order valence-electron chi connectivity index (χ1n) is 5.96. The zero-order chi connectivity index (χ0) is 13.7. The number of methoxy groups -OCH3 is 1. The molecular formula is C15H15N3O. The predicted octanol–water partition coefficient (Wildman–Crippen LogP) is 2.88. The van der Waals surface area contributed by atoms with Gasteiger partial charge in [-0.25, -0.2) is 4.98 Å². The second-order valence-electron chi connectivity index (χ2n) is 4.22. The number of nitriles is 1. The Labute approximate surface area is 112 Å². The summed E-state index contributed by atoms with van der Waals surface area (Å²) in [6, 6.07) is 11.7. The first-order valence-corrected chi connectivity index (χ1v) is 5.96. The number of hydrogen-bond donors (Lipinski definition) is 1. The fourth-order valence-electron chi connectivity index (χ4n) is 1.74. The Hall–Kier alpha value is -2.54. The normalized spacial score (nSPS) is 9.74. The SMILES string of the molecule is COc1ccc(CNc2cc(C)ccc2C#N)cn1. The molecule has 2 rings (SSSR count). The first kappa shape index (κ1) is 12.9. The van der Waals surface area contributed by atoms with Gasteiger partial charge in [0.2, 0.25) is 5.88 Å². The monoisotopic (exact) mass is 253 g/mol. The number of aryl methyl sites for hydroxylation is 1. The number of nitrogens with one attached hydrogen (secondary N) is 1. The molecule has 0 saturated carbocycles. The zero-order valence-electron chi connectivity index (χ0n) is 11.0. The van der Waals surface area contributed by atoms with Crippen LogP contribution >= 0.6 is 0 Å². The maximum Gasteiger partial charge on any atom is 0.212 e. The van der Waals surface area contributed by atoms with Crippen LogP contribution in [0.15, 0.2) is 36.5 Å². The van der Waals surface area contributed by atoms with Crippen LogP contribution in [-0.2, 0) is 6.54 Å². The van der Waals surface area contributed by atoms with E-state index in [1.54, 1.807) is 13.3 Å². The van der Waals surface area contributed by atoms with Crippen LogP contribution in [0.25, 0.3) is 0 Å². The molecule has 0 amide bonds. The van der Waals surface area contributed by atoms with Crippen molar-refractivity contribution in [1.82, 2.24) is 4.98 Å². The molecule has 4 heteroatoms. The van der Waals surface area contributed by atoms with Crippen LogP contribution in [0.4, 0.5) is 5.69 Å². The van der Waals surface area contributed by atoms with Crippen molar-refractivity contribution in [2.24, 2.45) is 0 Å². The summed E-state index contributed by atoms with van der Waals surface area (Å²) in [5.41, 5.74) is 3.64. The number of ether oxygens (including phenoxy) is 1. The second-order valence-corrected chi connectivity index (χ2v) is 4.22. The van der Waals surface area contributed by atoms with Gasteiger partial charge in [0.25, 0.3) is 0 Å². The zero-order valence-corrected chi connectivity index (χ0v) is 11.0. The third-order valence-electron chi connectivity index (χ3n) is 2.79. The van der Waals surface area contributed by atoms with E-state index in [9.17, 15) is 0 Å². The highest BCUT2D eigenvalue weighted by molar-refractivity contribution is 5.58. The highest BCUT2D eigenvalue weighted by Gasteiger charge is 2.02. The van der Waals surface area contributed by atoms with Crippen LogP contribution in [0.1, 0.15) is 16.7 Å². The van der Waals surface area contributed by atoms with Gasteiger partial charge < -0.3 is 10.1 Å². The Bertz CT molecular complexity index is 600. The fraction of sp³-hybridized carbons (Fsp3) is 0.200. The van der Waals surface area contributed by atoms with E-state index in [1.807, 2.05) is 37.3 Å². The molecule has 0 radical (unpaired) electrons.